The SMILES string of the molecule is CCCOCC(=O)NCC(C)(O)c1cc(C)oc1C. The Bertz CT molecular complexity index is 423. The normalized spacial score (nSPS) is 14.2. The van der Waals surface area contributed by atoms with Crippen molar-refractivity contribution in [3.8, 4) is 0 Å². The Balaban J connectivity index is 2.51. The lowest BCUT2D eigenvalue weighted by Crippen LogP contribution is -2.40. The fourth-order valence-electron chi connectivity index (χ4n) is 1.89. The standard InChI is InChI=1S/C14H23NO4/c1-5-6-18-8-13(16)15-9-14(4,17)12-7-10(2)19-11(12)3/h7,17H,5-6,8-9H2,1-4H3,(H,15,16). The fraction of sp³-hybridized carbons (Fsp3) is 0.643. The van der Waals surface area contributed by atoms with Crippen molar-refractivity contribution in [2.24, 2.45) is 0 Å². The molecular weight excluding hydrogens is 246 g/mol. The van der Waals surface area contributed by atoms with E-state index in [1.54, 1.807) is 19.9 Å². The number of ether oxygens (including phenoxy) is 1. The summed E-state index contributed by atoms with van der Waals surface area (Å²) in [5, 5.41) is 13.0. The number of hydrogen-bond donors (Lipinski definition) is 2. The molecule has 0 aliphatic rings. The van der Waals surface area contributed by atoms with Crippen LogP contribution in [0.15, 0.2) is 10.5 Å². The summed E-state index contributed by atoms with van der Waals surface area (Å²) in [6.45, 7) is 7.95. The van der Waals surface area contributed by atoms with Gasteiger partial charge in [-0.3, -0.25) is 4.79 Å². The van der Waals surface area contributed by atoms with Crippen LogP contribution in [0.2, 0.25) is 0 Å². The monoisotopic (exact) mass is 269 g/mol. The third-order valence-corrected chi connectivity index (χ3v) is 2.83. The summed E-state index contributed by atoms with van der Waals surface area (Å²) in [6, 6.07) is 1.79. The molecule has 1 aromatic rings. The number of aryl methyl sites for hydroxylation is 2. The molecule has 0 spiro atoms. The molecule has 0 aliphatic heterocycles. The average Bonchev–Trinajstić information content (AvgIpc) is 2.67. The molecule has 1 rings (SSSR count). The molecule has 1 atom stereocenters. The van der Waals surface area contributed by atoms with Crippen molar-refractivity contribution in [1.29, 1.82) is 0 Å². The number of hydrogen-bond acceptors (Lipinski definition) is 4. The van der Waals surface area contributed by atoms with Gasteiger partial charge < -0.3 is 19.6 Å². The summed E-state index contributed by atoms with van der Waals surface area (Å²) in [6.07, 6.45) is 0.873. The molecule has 1 amide bonds. The predicted molar refractivity (Wildman–Crippen MR) is 71.9 cm³/mol. The fourth-order valence-corrected chi connectivity index (χ4v) is 1.89. The van der Waals surface area contributed by atoms with Crippen molar-refractivity contribution < 1.29 is 19.1 Å². The minimum atomic E-state index is -1.15. The summed E-state index contributed by atoms with van der Waals surface area (Å²) in [5.41, 5.74) is -0.456. The van der Waals surface area contributed by atoms with E-state index in [9.17, 15) is 9.90 Å². The smallest absolute Gasteiger partial charge is 0.246 e. The third kappa shape index (κ3) is 4.69. The van der Waals surface area contributed by atoms with Gasteiger partial charge in [-0.1, -0.05) is 6.92 Å². The summed E-state index contributed by atoms with van der Waals surface area (Å²) < 4.78 is 10.5. The largest absolute Gasteiger partial charge is 0.466 e. The highest BCUT2D eigenvalue weighted by Crippen LogP contribution is 2.26. The van der Waals surface area contributed by atoms with Gasteiger partial charge in [0.1, 0.15) is 23.7 Å². The number of carbonyl (C=O) groups excluding carboxylic acids is 1. The number of carbonyl (C=O) groups is 1. The lowest BCUT2D eigenvalue weighted by Gasteiger charge is -2.23. The first kappa shape index (κ1) is 15.7. The maximum absolute atomic E-state index is 11.5. The number of rotatable bonds is 7. The zero-order valence-electron chi connectivity index (χ0n) is 12.1. The van der Waals surface area contributed by atoms with Crippen LogP contribution in [0.5, 0.6) is 0 Å². The van der Waals surface area contributed by atoms with E-state index in [4.69, 9.17) is 9.15 Å². The Labute approximate surface area is 113 Å². The van der Waals surface area contributed by atoms with E-state index >= 15 is 0 Å². The molecule has 2 N–H and O–H groups in total. The highest BCUT2D eigenvalue weighted by molar-refractivity contribution is 5.77. The second kappa shape index (κ2) is 6.73. The predicted octanol–water partition coefficient (Wildman–Crippen LogP) is 1.65. The lowest BCUT2D eigenvalue weighted by atomic mass is 9.96. The van der Waals surface area contributed by atoms with Gasteiger partial charge >= 0.3 is 0 Å². The topological polar surface area (TPSA) is 71.7 Å². The molecule has 5 heteroatoms. The molecule has 1 heterocycles. The Kier molecular flexibility index (Phi) is 5.57. The van der Waals surface area contributed by atoms with Crippen LogP contribution in [-0.4, -0.2) is 30.8 Å². The van der Waals surface area contributed by atoms with E-state index in [1.165, 1.54) is 0 Å². The van der Waals surface area contributed by atoms with Crippen molar-refractivity contribution in [3.05, 3.63) is 23.2 Å². The van der Waals surface area contributed by atoms with E-state index in [2.05, 4.69) is 5.32 Å². The van der Waals surface area contributed by atoms with Crippen molar-refractivity contribution in [3.63, 3.8) is 0 Å². The molecule has 0 fully saturated rings. The van der Waals surface area contributed by atoms with E-state index in [0.717, 1.165) is 12.2 Å². The van der Waals surface area contributed by atoms with Gasteiger partial charge in [0.2, 0.25) is 5.91 Å². The zero-order chi connectivity index (χ0) is 14.5. The van der Waals surface area contributed by atoms with Crippen molar-refractivity contribution in [2.45, 2.75) is 39.7 Å². The Morgan fingerprint density at radius 3 is 2.74 bits per heavy atom. The van der Waals surface area contributed by atoms with Crippen LogP contribution in [0.4, 0.5) is 0 Å². The number of aliphatic hydroxyl groups is 1. The van der Waals surface area contributed by atoms with Crippen LogP contribution < -0.4 is 5.32 Å². The van der Waals surface area contributed by atoms with Crippen molar-refractivity contribution in [2.75, 3.05) is 19.8 Å². The van der Waals surface area contributed by atoms with Crippen LogP contribution >= 0.6 is 0 Å². The number of amides is 1. The summed E-state index contributed by atoms with van der Waals surface area (Å²) >= 11 is 0. The average molecular weight is 269 g/mol. The molecule has 0 aromatic carbocycles. The molecule has 19 heavy (non-hydrogen) atoms. The molecule has 1 aromatic heterocycles. The first-order chi connectivity index (χ1) is 8.86. The summed E-state index contributed by atoms with van der Waals surface area (Å²) in [5.74, 6) is 1.18. The van der Waals surface area contributed by atoms with E-state index in [1.807, 2.05) is 13.8 Å². The number of furan rings is 1. The van der Waals surface area contributed by atoms with Gasteiger partial charge in [-0.05, 0) is 33.3 Å². The molecule has 0 radical (unpaired) electrons. The van der Waals surface area contributed by atoms with Crippen molar-refractivity contribution >= 4 is 5.91 Å². The van der Waals surface area contributed by atoms with Gasteiger partial charge in [-0.25, -0.2) is 0 Å². The van der Waals surface area contributed by atoms with Crippen LogP contribution in [0.1, 0.15) is 37.4 Å². The van der Waals surface area contributed by atoms with E-state index < -0.39 is 5.60 Å². The molecule has 0 saturated carbocycles. The van der Waals surface area contributed by atoms with Crippen molar-refractivity contribution in [1.82, 2.24) is 5.32 Å². The second-order valence-corrected chi connectivity index (χ2v) is 4.93. The van der Waals surface area contributed by atoms with Gasteiger partial charge in [0, 0.05) is 12.2 Å². The van der Waals surface area contributed by atoms with Crippen LogP contribution in [0.25, 0.3) is 0 Å². The molecular formula is C14H23NO4. The molecule has 1 unspecified atom stereocenters. The maximum atomic E-state index is 11.5. The van der Waals surface area contributed by atoms with Gasteiger partial charge in [0.05, 0.1) is 6.54 Å². The van der Waals surface area contributed by atoms with E-state index in [0.29, 0.717) is 17.9 Å². The third-order valence-electron chi connectivity index (χ3n) is 2.83. The highest BCUT2D eigenvalue weighted by atomic mass is 16.5. The van der Waals surface area contributed by atoms with Gasteiger partial charge in [-0.2, -0.15) is 0 Å². The first-order valence-corrected chi connectivity index (χ1v) is 6.51. The molecule has 0 aliphatic carbocycles. The minimum Gasteiger partial charge on any atom is -0.466 e. The van der Waals surface area contributed by atoms with Gasteiger partial charge in [0.15, 0.2) is 0 Å². The maximum Gasteiger partial charge on any atom is 0.246 e. The Hall–Kier alpha value is -1.33. The molecule has 5 nitrogen and oxygen atoms in total. The lowest BCUT2D eigenvalue weighted by molar-refractivity contribution is -0.126. The quantitative estimate of drug-likeness (QED) is 0.738. The first-order valence-electron chi connectivity index (χ1n) is 6.51. The van der Waals surface area contributed by atoms with Gasteiger partial charge in [0.25, 0.3) is 0 Å². The molecule has 0 saturated heterocycles. The summed E-state index contributed by atoms with van der Waals surface area (Å²) in [4.78, 5) is 11.5. The number of nitrogens with one attached hydrogen (secondary N) is 1. The highest BCUT2D eigenvalue weighted by Gasteiger charge is 2.28. The van der Waals surface area contributed by atoms with Crippen LogP contribution in [-0.2, 0) is 15.1 Å². The Morgan fingerprint density at radius 1 is 1.53 bits per heavy atom. The molecule has 108 valence electrons. The minimum absolute atomic E-state index is 0.0211. The summed E-state index contributed by atoms with van der Waals surface area (Å²) in [7, 11) is 0. The van der Waals surface area contributed by atoms with Crippen LogP contribution in [0.3, 0.4) is 0 Å². The van der Waals surface area contributed by atoms with Crippen LogP contribution in [0, 0.1) is 13.8 Å². The second-order valence-electron chi connectivity index (χ2n) is 4.93. The zero-order valence-corrected chi connectivity index (χ0v) is 12.1. The molecule has 0 bridgehead atoms. The Morgan fingerprint density at radius 2 is 2.21 bits per heavy atom. The van der Waals surface area contributed by atoms with E-state index in [-0.39, 0.29) is 19.1 Å². The van der Waals surface area contributed by atoms with Gasteiger partial charge in [-0.15, -0.1) is 0 Å².